The number of pyridine rings is 1. The highest BCUT2D eigenvalue weighted by Gasteiger charge is 2.13. The molecule has 0 amide bonds. The Bertz CT molecular complexity index is 501. The maximum Gasteiger partial charge on any atom is 0.128 e. The number of thiophene rings is 1. The third-order valence-corrected chi connectivity index (χ3v) is 4.59. The first kappa shape index (κ1) is 12.5. The van der Waals surface area contributed by atoms with Crippen LogP contribution in [0.25, 0.3) is 0 Å². The van der Waals surface area contributed by atoms with E-state index in [0.29, 0.717) is 6.04 Å². The zero-order valence-corrected chi connectivity index (χ0v) is 12.0. The Morgan fingerprint density at radius 3 is 2.74 bits per heavy atom. The zero-order valence-electron chi connectivity index (χ0n) is 11.2. The highest BCUT2D eigenvalue weighted by Crippen LogP contribution is 2.24. The second kappa shape index (κ2) is 5.61. The second-order valence-corrected chi connectivity index (χ2v) is 5.96. The van der Waals surface area contributed by atoms with Gasteiger partial charge in [0.2, 0.25) is 0 Å². The molecule has 2 aromatic heterocycles. The van der Waals surface area contributed by atoms with Crippen molar-refractivity contribution in [2.24, 2.45) is 0 Å². The van der Waals surface area contributed by atoms with Crippen molar-refractivity contribution in [3.05, 3.63) is 40.7 Å². The average molecular weight is 273 g/mol. The molecule has 1 aliphatic heterocycles. The minimum Gasteiger partial charge on any atom is -0.376 e. The lowest BCUT2D eigenvalue weighted by atomic mass is 10.2. The van der Waals surface area contributed by atoms with Crippen molar-refractivity contribution in [2.75, 3.05) is 23.3 Å². The smallest absolute Gasteiger partial charge is 0.128 e. The van der Waals surface area contributed by atoms with Gasteiger partial charge in [0.05, 0.1) is 17.9 Å². The van der Waals surface area contributed by atoms with Crippen LogP contribution in [0.4, 0.5) is 11.5 Å². The number of nitrogens with one attached hydrogen (secondary N) is 1. The van der Waals surface area contributed by atoms with Crippen LogP contribution in [0.1, 0.15) is 30.7 Å². The van der Waals surface area contributed by atoms with Gasteiger partial charge in [-0.2, -0.15) is 0 Å². The van der Waals surface area contributed by atoms with Crippen LogP contribution >= 0.6 is 11.3 Å². The quantitative estimate of drug-likeness (QED) is 0.915. The van der Waals surface area contributed by atoms with E-state index in [1.165, 1.54) is 17.7 Å². The van der Waals surface area contributed by atoms with E-state index in [4.69, 9.17) is 0 Å². The van der Waals surface area contributed by atoms with Gasteiger partial charge >= 0.3 is 0 Å². The summed E-state index contributed by atoms with van der Waals surface area (Å²) >= 11 is 1.78. The van der Waals surface area contributed by atoms with E-state index in [9.17, 15) is 0 Å². The summed E-state index contributed by atoms with van der Waals surface area (Å²) in [6.07, 6.45) is 4.52. The van der Waals surface area contributed by atoms with Crippen molar-refractivity contribution in [3.63, 3.8) is 0 Å². The van der Waals surface area contributed by atoms with E-state index in [1.54, 1.807) is 11.3 Å². The van der Waals surface area contributed by atoms with Gasteiger partial charge in [-0.1, -0.05) is 6.07 Å². The van der Waals surface area contributed by atoms with Crippen molar-refractivity contribution >= 4 is 22.8 Å². The summed E-state index contributed by atoms with van der Waals surface area (Å²) in [5, 5.41) is 5.60. The van der Waals surface area contributed by atoms with Gasteiger partial charge in [-0.3, -0.25) is 0 Å². The number of anilines is 2. The molecule has 0 spiro atoms. The van der Waals surface area contributed by atoms with Crippen molar-refractivity contribution in [1.82, 2.24) is 4.98 Å². The van der Waals surface area contributed by atoms with Crippen LogP contribution in [0.15, 0.2) is 35.8 Å². The molecular weight excluding hydrogens is 254 g/mol. The van der Waals surface area contributed by atoms with E-state index < -0.39 is 0 Å². The van der Waals surface area contributed by atoms with Gasteiger partial charge in [0.15, 0.2) is 0 Å². The molecule has 1 fully saturated rings. The largest absolute Gasteiger partial charge is 0.376 e. The molecule has 0 bridgehead atoms. The van der Waals surface area contributed by atoms with Gasteiger partial charge in [0.25, 0.3) is 0 Å². The molecule has 0 saturated carbocycles. The fraction of sp³-hybridized carbons (Fsp3) is 0.400. The summed E-state index contributed by atoms with van der Waals surface area (Å²) in [5.74, 6) is 1.10. The normalized spacial score (nSPS) is 16.6. The van der Waals surface area contributed by atoms with E-state index in [0.717, 1.165) is 24.6 Å². The Morgan fingerprint density at radius 1 is 1.26 bits per heavy atom. The first-order valence-electron chi connectivity index (χ1n) is 6.84. The molecule has 2 aromatic rings. The Hall–Kier alpha value is -1.55. The van der Waals surface area contributed by atoms with Crippen molar-refractivity contribution < 1.29 is 0 Å². The predicted octanol–water partition coefficient (Wildman–Crippen LogP) is 3.92. The highest BCUT2D eigenvalue weighted by atomic mass is 32.1. The molecule has 0 radical (unpaired) electrons. The monoisotopic (exact) mass is 273 g/mol. The summed E-state index contributed by atoms with van der Waals surface area (Å²) in [4.78, 5) is 8.27. The molecular formula is C15H19N3S. The second-order valence-electron chi connectivity index (χ2n) is 4.98. The first-order chi connectivity index (χ1) is 9.33. The fourth-order valence-corrected chi connectivity index (χ4v) is 3.20. The number of hydrogen-bond donors (Lipinski definition) is 1. The van der Waals surface area contributed by atoms with Crippen LogP contribution in [0.2, 0.25) is 0 Å². The molecule has 3 nitrogen and oxygen atoms in total. The Balaban J connectivity index is 1.65. The molecule has 1 unspecified atom stereocenters. The van der Waals surface area contributed by atoms with Gasteiger partial charge in [-0.05, 0) is 43.3 Å². The molecule has 3 heterocycles. The molecule has 0 aliphatic carbocycles. The van der Waals surface area contributed by atoms with Crippen LogP contribution in [0.3, 0.4) is 0 Å². The van der Waals surface area contributed by atoms with Crippen LogP contribution in [0.5, 0.6) is 0 Å². The highest BCUT2D eigenvalue weighted by molar-refractivity contribution is 7.10. The van der Waals surface area contributed by atoms with Gasteiger partial charge in [-0.25, -0.2) is 4.98 Å². The summed E-state index contributed by atoms with van der Waals surface area (Å²) < 4.78 is 0. The van der Waals surface area contributed by atoms with Crippen molar-refractivity contribution in [1.29, 1.82) is 0 Å². The topological polar surface area (TPSA) is 28.2 Å². The Kier molecular flexibility index (Phi) is 3.69. The number of rotatable bonds is 4. The lowest BCUT2D eigenvalue weighted by Crippen LogP contribution is -2.18. The minimum absolute atomic E-state index is 0.333. The molecule has 1 saturated heterocycles. The molecule has 4 heteroatoms. The van der Waals surface area contributed by atoms with Crippen molar-refractivity contribution in [2.45, 2.75) is 25.8 Å². The third kappa shape index (κ3) is 2.89. The van der Waals surface area contributed by atoms with Crippen molar-refractivity contribution in [3.8, 4) is 0 Å². The summed E-state index contributed by atoms with van der Waals surface area (Å²) in [5.41, 5.74) is 1.09. The van der Waals surface area contributed by atoms with E-state index in [1.807, 2.05) is 6.20 Å². The Morgan fingerprint density at radius 2 is 2.11 bits per heavy atom. The van der Waals surface area contributed by atoms with E-state index >= 15 is 0 Å². The molecule has 0 aromatic carbocycles. The van der Waals surface area contributed by atoms with E-state index in [2.05, 4.69) is 51.8 Å². The minimum atomic E-state index is 0.333. The lowest BCUT2D eigenvalue weighted by molar-refractivity contribution is 0.901. The average Bonchev–Trinajstić information content (AvgIpc) is 3.13. The molecule has 1 N–H and O–H groups in total. The van der Waals surface area contributed by atoms with Crippen LogP contribution in [-0.4, -0.2) is 18.1 Å². The lowest BCUT2D eigenvalue weighted by Gasteiger charge is -2.18. The number of nitrogens with zero attached hydrogens (tertiary/aromatic N) is 2. The standard InChI is InChI=1S/C15H19N3S/c1-12(14-5-4-10-19-14)17-13-6-7-15(16-11-13)18-8-2-3-9-18/h4-7,10-12,17H,2-3,8-9H2,1H3. The van der Waals surface area contributed by atoms with Gasteiger partial charge in [0.1, 0.15) is 5.82 Å². The first-order valence-corrected chi connectivity index (χ1v) is 7.72. The molecule has 1 aliphatic rings. The third-order valence-electron chi connectivity index (χ3n) is 3.53. The summed E-state index contributed by atoms with van der Waals surface area (Å²) in [6.45, 7) is 4.47. The number of hydrogen-bond acceptors (Lipinski definition) is 4. The van der Waals surface area contributed by atoms with Crippen LogP contribution in [-0.2, 0) is 0 Å². The molecule has 3 rings (SSSR count). The SMILES string of the molecule is CC(Nc1ccc(N2CCCC2)nc1)c1cccs1. The van der Waals surface area contributed by atoms with Gasteiger partial charge in [0, 0.05) is 18.0 Å². The maximum atomic E-state index is 4.56. The van der Waals surface area contributed by atoms with E-state index in [-0.39, 0.29) is 0 Å². The molecule has 1 atom stereocenters. The number of aromatic nitrogens is 1. The zero-order chi connectivity index (χ0) is 13.1. The van der Waals surface area contributed by atoms with Gasteiger partial charge in [-0.15, -0.1) is 11.3 Å². The van der Waals surface area contributed by atoms with Crippen LogP contribution in [0, 0.1) is 0 Å². The fourth-order valence-electron chi connectivity index (χ4n) is 2.46. The predicted molar refractivity (Wildman–Crippen MR) is 82.0 cm³/mol. The Labute approximate surface area is 118 Å². The molecule has 19 heavy (non-hydrogen) atoms. The summed E-state index contributed by atoms with van der Waals surface area (Å²) in [7, 11) is 0. The van der Waals surface area contributed by atoms with Crippen LogP contribution < -0.4 is 10.2 Å². The summed E-state index contributed by atoms with van der Waals surface area (Å²) in [6, 6.07) is 8.83. The maximum absolute atomic E-state index is 4.56. The molecule has 100 valence electrons. The van der Waals surface area contributed by atoms with Gasteiger partial charge < -0.3 is 10.2 Å².